The Morgan fingerprint density at radius 1 is 1.39 bits per heavy atom. The Labute approximate surface area is 110 Å². The van der Waals surface area contributed by atoms with Gasteiger partial charge in [0.15, 0.2) is 0 Å². The Hall–Kier alpha value is -0.610. The number of methoxy groups -OCH3 is 1. The summed E-state index contributed by atoms with van der Waals surface area (Å²) >= 11 is 0. The molecule has 0 unspecified atom stereocenters. The molecule has 3 atom stereocenters. The molecule has 0 bridgehead atoms. The predicted molar refractivity (Wildman–Crippen MR) is 71.3 cm³/mol. The van der Waals surface area contributed by atoms with Crippen molar-refractivity contribution in [2.45, 2.75) is 51.7 Å². The maximum Gasteiger partial charge on any atom is 0.224 e. The fourth-order valence-corrected chi connectivity index (χ4v) is 3.09. The molecule has 1 saturated heterocycles. The molecule has 1 aliphatic heterocycles. The van der Waals surface area contributed by atoms with Crippen LogP contribution in [-0.2, 0) is 9.53 Å². The number of carbonyl (C=O) groups is 1. The van der Waals surface area contributed by atoms with E-state index in [0.717, 1.165) is 32.4 Å². The molecule has 0 aromatic carbocycles. The number of ether oxygens (including phenoxy) is 1. The van der Waals surface area contributed by atoms with Crippen LogP contribution in [0.2, 0.25) is 0 Å². The number of hydrogen-bond donors (Lipinski definition) is 2. The molecular weight excluding hydrogens is 228 g/mol. The van der Waals surface area contributed by atoms with Crippen LogP contribution in [-0.4, -0.2) is 37.7 Å². The highest BCUT2D eigenvalue weighted by atomic mass is 16.5. The van der Waals surface area contributed by atoms with Crippen molar-refractivity contribution in [2.24, 2.45) is 11.3 Å². The monoisotopic (exact) mass is 254 g/mol. The highest BCUT2D eigenvalue weighted by Gasteiger charge is 2.58. The Morgan fingerprint density at radius 3 is 2.61 bits per heavy atom. The first kappa shape index (κ1) is 13.8. The topological polar surface area (TPSA) is 50.4 Å². The molecular formula is C14H26N2O2. The third-order valence-electron chi connectivity index (χ3n) is 5.26. The first-order valence-electron chi connectivity index (χ1n) is 6.97. The summed E-state index contributed by atoms with van der Waals surface area (Å²) in [6, 6.07) is 0.233. The van der Waals surface area contributed by atoms with Gasteiger partial charge in [-0.1, -0.05) is 13.8 Å². The summed E-state index contributed by atoms with van der Waals surface area (Å²) in [7, 11) is 1.75. The summed E-state index contributed by atoms with van der Waals surface area (Å²) in [4.78, 5) is 12.2. The minimum Gasteiger partial charge on any atom is -0.378 e. The van der Waals surface area contributed by atoms with Crippen LogP contribution in [0, 0.1) is 11.3 Å². The standard InChI is InChI=1S/C14H26N2O2/c1-13(2)11(8-14(13,3)18-4)16-12(17)10-6-5-7-15-9-10/h10-11,15H,5-9H2,1-4H3,(H,16,17)/t10-,11+,14+/m0/s1. The number of amides is 1. The van der Waals surface area contributed by atoms with Crippen molar-refractivity contribution in [2.75, 3.05) is 20.2 Å². The summed E-state index contributed by atoms with van der Waals surface area (Å²) in [6.07, 6.45) is 3.01. The van der Waals surface area contributed by atoms with E-state index in [1.54, 1.807) is 7.11 Å². The smallest absolute Gasteiger partial charge is 0.224 e. The fourth-order valence-electron chi connectivity index (χ4n) is 3.09. The SMILES string of the molecule is CO[C@]1(C)C[C@@H](NC(=O)[C@H]2CCCNC2)C1(C)C. The van der Waals surface area contributed by atoms with E-state index in [2.05, 4.69) is 31.4 Å². The third-order valence-corrected chi connectivity index (χ3v) is 5.26. The molecule has 4 heteroatoms. The molecule has 1 aliphatic carbocycles. The van der Waals surface area contributed by atoms with Crippen LogP contribution in [0.5, 0.6) is 0 Å². The molecule has 4 nitrogen and oxygen atoms in total. The van der Waals surface area contributed by atoms with Crippen molar-refractivity contribution in [3.63, 3.8) is 0 Å². The van der Waals surface area contributed by atoms with Crippen LogP contribution in [0.1, 0.15) is 40.0 Å². The highest BCUT2D eigenvalue weighted by molar-refractivity contribution is 5.79. The van der Waals surface area contributed by atoms with Gasteiger partial charge in [-0.2, -0.15) is 0 Å². The summed E-state index contributed by atoms with van der Waals surface area (Å²) in [6.45, 7) is 8.33. The van der Waals surface area contributed by atoms with E-state index in [-0.39, 0.29) is 28.9 Å². The van der Waals surface area contributed by atoms with Gasteiger partial charge >= 0.3 is 0 Å². The Morgan fingerprint density at radius 2 is 2.11 bits per heavy atom. The lowest BCUT2D eigenvalue weighted by molar-refractivity contribution is -0.183. The largest absolute Gasteiger partial charge is 0.378 e. The summed E-state index contributed by atoms with van der Waals surface area (Å²) < 4.78 is 5.58. The van der Waals surface area contributed by atoms with Gasteiger partial charge in [0, 0.05) is 25.1 Å². The molecule has 0 radical (unpaired) electrons. The van der Waals surface area contributed by atoms with Crippen LogP contribution < -0.4 is 10.6 Å². The normalized spacial score (nSPS) is 38.9. The summed E-state index contributed by atoms with van der Waals surface area (Å²) in [5.41, 5.74) is -0.116. The highest BCUT2D eigenvalue weighted by Crippen LogP contribution is 2.51. The van der Waals surface area contributed by atoms with Gasteiger partial charge in [-0.05, 0) is 32.7 Å². The number of hydrogen-bond acceptors (Lipinski definition) is 3. The second kappa shape index (κ2) is 4.82. The van der Waals surface area contributed by atoms with E-state index in [1.165, 1.54) is 0 Å². The Balaban J connectivity index is 1.89. The van der Waals surface area contributed by atoms with Gasteiger partial charge in [0.25, 0.3) is 0 Å². The maximum absolute atomic E-state index is 12.2. The quantitative estimate of drug-likeness (QED) is 0.798. The van der Waals surface area contributed by atoms with Gasteiger partial charge < -0.3 is 15.4 Å². The molecule has 0 aromatic rings. The van der Waals surface area contributed by atoms with E-state index in [1.807, 2.05) is 0 Å². The molecule has 1 amide bonds. The van der Waals surface area contributed by atoms with Crippen molar-refractivity contribution < 1.29 is 9.53 Å². The lowest BCUT2D eigenvalue weighted by Gasteiger charge is -2.59. The van der Waals surface area contributed by atoms with E-state index in [0.29, 0.717) is 0 Å². The van der Waals surface area contributed by atoms with Gasteiger partial charge in [0.1, 0.15) is 0 Å². The lowest BCUT2D eigenvalue weighted by atomic mass is 9.55. The zero-order valence-corrected chi connectivity index (χ0v) is 12.0. The van der Waals surface area contributed by atoms with Crippen molar-refractivity contribution in [3.8, 4) is 0 Å². The molecule has 2 fully saturated rings. The average Bonchev–Trinajstić information content (AvgIpc) is 2.38. The predicted octanol–water partition coefficient (Wildman–Crippen LogP) is 1.31. The van der Waals surface area contributed by atoms with Gasteiger partial charge in [0.2, 0.25) is 5.91 Å². The van der Waals surface area contributed by atoms with Crippen LogP contribution in [0.15, 0.2) is 0 Å². The lowest BCUT2D eigenvalue weighted by Crippen LogP contribution is -2.69. The van der Waals surface area contributed by atoms with Crippen molar-refractivity contribution in [1.29, 1.82) is 0 Å². The van der Waals surface area contributed by atoms with E-state index >= 15 is 0 Å². The Bertz CT molecular complexity index is 324. The van der Waals surface area contributed by atoms with E-state index in [9.17, 15) is 4.79 Å². The van der Waals surface area contributed by atoms with Crippen LogP contribution in [0.25, 0.3) is 0 Å². The third kappa shape index (κ3) is 2.16. The molecule has 18 heavy (non-hydrogen) atoms. The molecule has 1 heterocycles. The second-order valence-corrected chi connectivity index (χ2v) is 6.47. The molecule has 0 aromatic heterocycles. The number of nitrogens with one attached hydrogen (secondary N) is 2. The minimum atomic E-state index is -0.115. The molecule has 1 saturated carbocycles. The van der Waals surface area contributed by atoms with Gasteiger partial charge in [-0.3, -0.25) is 4.79 Å². The van der Waals surface area contributed by atoms with Gasteiger partial charge in [-0.25, -0.2) is 0 Å². The van der Waals surface area contributed by atoms with Crippen LogP contribution in [0.3, 0.4) is 0 Å². The van der Waals surface area contributed by atoms with Gasteiger partial charge in [0.05, 0.1) is 11.5 Å². The second-order valence-electron chi connectivity index (χ2n) is 6.47. The van der Waals surface area contributed by atoms with Crippen molar-refractivity contribution in [1.82, 2.24) is 10.6 Å². The molecule has 0 spiro atoms. The van der Waals surface area contributed by atoms with Crippen molar-refractivity contribution in [3.05, 3.63) is 0 Å². The minimum absolute atomic E-state index is 0.000491. The zero-order chi connectivity index (χ0) is 13.4. The molecule has 104 valence electrons. The van der Waals surface area contributed by atoms with E-state index in [4.69, 9.17) is 4.74 Å². The van der Waals surface area contributed by atoms with Crippen molar-refractivity contribution >= 4 is 5.91 Å². The number of rotatable bonds is 3. The number of piperidine rings is 1. The van der Waals surface area contributed by atoms with Crippen LogP contribution >= 0.6 is 0 Å². The molecule has 2 N–H and O–H groups in total. The number of carbonyl (C=O) groups excluding carboxylic acids is 1. The molecule has 2 aliphatic rings. The van der Waals surface area contributed by atoms with Crippen LogP contribution in [0.4, 0.5) is 0 Å². The summed E-state index contributed by atoms with van der Waals surface area (Å²) in [5, 5.41) is 6.49. The summed E-state index contributed by atoms with van der Waals surface area (Å²) in [5.74, 6) is 0.349. The first-order valence-corrected chi connectivity index (χ1v) is 6.97. The van der Waals surface area contributed by atoms with E-state index < -0.39 is 0 Å². The fraction of sp³-hybridized carbons (Fsp3) is 0.929. The average molecular weight is 254 g/mol. The maximum atomic E-state index is 12.2. The first-order chi connectivity index (χ1) is 8.40. The Kier molecular flexibility index (Phi) is 3.70. The molecule has 2 rings (SSSR count). The van der Waals surface area contributed by atoms with Gasteiger partial charge in [-0.15, -0.1) is 0 Å². The zero-order valence-electron chi connectivity index (χ0n) is 12.0.